The molecule has 7 nitrogen and oxygen atoms in total. The van der Waals surface area contributed by atoms with Gasteiger partial charge in [-0.15, -0.1) is 0 Å². The quantitative estimate of drug-likeness (QED) is 0.596. The molecule has 29 heavy (non-hydrogen) atoms. The Labute approximate surface area is 171 Å². The molecule has 1 N–H and O–H groups in total. The van der Waals surface area contributed by atoms with Crippen LogP contribution in [-0.2, 0) is 6.54 Å². The van der Waals surface area contributed by atoms with Crippen LogP contribution in [-0.4, -0.2) is 87.8 Å². The van der Waals surface area contributed by atoms with E-state index in [0.29, 0.717) is 13.1 Å². The zero-order valence-electron chi connectivity index (χ0n) is 17.5. The van der Waals surface area contributed by atoms with Gasteiger partial charge in [-0.3, -0.25) is 0 Å². The van der Waals surface area contributed by atoms with Crippen LogP contribution in [0.1, 0.15) is 18.4 Å². The Kier molecular flexibility index (Phi) is 9.40. The predicted octanol–water partition coefficient (Wildman–Crippen LogP) is 2.47. The molecule has 1 fully saturated rings. The molecule has 1 aliphatic rings. The van der Waals surface area contributed by atoms with E-state index in [1.807, 2.05) is 0 Å². The molecule has 1 heterocycles. The Morgan fingerprint density at radius 1 is 1.21 bits per heavy atom. The van der Waals surface area contributed by atoms with E-state index in [-0.39, 0.29) is 17.5 Å². The van der Waals surface area contributed by atoms with Crippen molar-refractivity contribution in [2.75, 3.05) is 60.5 Å². The van der Waals surface area contributed by atoms with Gasteiger partial charge in [-0.2, -0.15) is 8.78 Å². The Morgan fingerprint density at radius 2 is 1.93 bits per heavy atom. The number of ether oxygens (including phenoxy) is 2. The van der Waals surface area contributed by atoms with E-state index in [2.05, 4.69) is 26.9 Å². The number of carbonyl (C=O) groups excluding carboxylic acids is 1. The molecule has 1 aromatic rings. The second kappa shape index (κ2) is 11.8. The van der Waals surface area contributed by atoms with E-state index >= 15 is 0 Å². The summed E-state index contributed by atoms with van der Waals surface area (Å²) in [5, 5.41) is 2.92. The number of unbranched alkanes of at least 4 members (excludes halogenated alkanes) is 1. The van der Waals surface area contributed by atoms with Crippen LogP contribution in [0.2, 0.25) is 0 Å². The summed E-state index contributed by atoms with van der Waals surface area (Å²) in [6.45, 7) is 3.54. The molecule has 0 saturated carbocycles. The fourth-order valence-corrected chi connectivity index (χ4v) is 3.21. The number of amides is 2. The molecule has 2 rings (SSSR count). The Hall–Kier alpha value is -2.13. The molecular formula is C20H32F2N4O3. The van der Waals surface area contributed by atoms with Gasteiger partial charge in [0.25, 0.3) is 0 Å². The summed E-state index contributed by atoms with van der Waals surface area (Å²) in [5.41, 5.74) is 0.760. The smallest absolute Gasteiger partial charge is 0.387 e. The second-order valence-corrected chi connectivity index (χ2v) is 7.30. The van der Waals surface area contributed by atoms with E-state index < -0.39 is 6.61 Å². The molecule has 1 aliphatic heterocycles. The monoisotopic (exact) mass is 414 g/mol. The van der Waals surface area contributed by atoms with Gasteiger partial charge in [0.05, 0.1) is 7.11 Å². The topological polar surface area (TPSA) is 57.3 Å². The maximum atomic E-state index is 12.4. The van der Waals surface area contributed by atoms with Crippen molar-refractivity contribution in [2.24, 2.45) is 0 Å². The summed E-state index contributed by atoms with van der Waals surface area (Å²) < 4.78 is 34.3. The summed E-state index contributed by atoms with van der Waals surface area (Å²) in [6, 6.07) is 4.48. The number of urea groups is 1. The summed E-state index contributed by atoms with van der Waals surface area (Å²) in [6.07, 6.45) is 1.98. The lowest BCUT2D eigenvalue weighted by molar-refractivity contribution is -0.0512. The van der Waals surface area contributed by atoms with Crippen LogP contribution in [0.3, 0.4) is 0 Å². The van der Waals surface area contributed by atoms with Gasteiger partial charge in [-0.25, -0.2) is 4.79 Å². The van der Waals surface area contributed by atoms with E-state index in [1.54, 1.807) is 24.1 Å². The van der Waals surface area contributed by atoms with Crippen molar-refractivity contribution in [2.45, 2.75) is 26.0 Å². The third-order valence-electron chi connectivity index (χ3n) is 4.98. The summed E-state index contributed by atoms with van der Waals surface area (Å²) in [4.78, 5) is 18.6. The van der Waals surface area contributed by atoms with Crippen LogP contribution in [0.4, 0.5) is 13.6 Å². The second-order valence-electron chi connectivity index (χ2n) is 7.30. The van der Waals surface area contributed by atoms with Crippen LogP contribution in [0, 0.1) is 0 Å². The summed E-state index contributed by atoms with van der Waals surface area (Å²) in [5.74, 6) is 0.180. The third-order valence-corrected chi connectivity index (χ3v) is 4.98. The van der Waals surface area contributed by atoms with Crippen molar-refractivity contribution in [1.29, 1.82) is 0 Å². The molecule has 1 aromatic carbocycles. The predicted molar refractivity (Wildman–Crippen MR) is 108 cm³/mol. The highest BCUT2D eigenvalue weighted by Gasteiger charge is 2.15. The number of hydrogen-bond donors (Lipinski definition) is 1. The van der Waals surface area contributed by atoms with Crippen LogP contribution < -0.4 is 14.8 Å². The number of methoxy groups -OCH3 is 1. The molecule has 1 saturated heterocycles. The maximum absolute atomic E-state index is 12.4. The first-order chi connectivity index (χ1) is 13.9. The Morgan fingerprint density at radius 3 is 2.59 bits per heavy atom. The van der Waals surface area contributed by atoms with E-state index in [4.69, 9.17) is 4.74 Å². The highest BCUT2D eigenvalue weighted by atomic mass is 19.3. The minimum absolute atomic E-state index is 0.0290. The zero-order chi connectivity index (χ0) is 21.2. The number of nitrogens with zero attached hydrogens (tertiary/aromatic N) is 3. The largest absolute Gasteiger partial charge is 0.493 e. The number of likely N-dealkylation sites (N-methyl/N-ethyl adjacent to an activating group) is 1. The Balaban J connectivity index is 1.69. The minimum atomic E-state index is -2.92. The van der Waals surface area contributed by atoms with Crippen molar-refractivity contribution in [3.8, 4) is 11.5 Å². The number of rotatable bonds is 10. The zero-order valence-corrected chi connectivity index (χ0v) is 17.5. The van der Waals surface area contributed by atoms with Crippen LogP contribution in [0.15, 0.2) is 18.2 Å². The Bertz CT molecular complexity index is 640. The SMILES string of the molecule is COc1cc(CN(C)C(=O)NCCCCN2CCN(C)CC2)ccc1OC(F)F. The fourth-order valence-electron chi connectivity index (χ4n) is 3.21. The van der Waals surface area contributed by atoms with Crippen molar-refractivity contribution in [1.82, 2.24) is 20.0 Å². The van der Waals surface area contributed by atoms with Gasteiger partial charge in [-0.1, -0.05) is 6.07 Å². The maximum Gasteiger partial charge on any atom is 0.387 e. The molecule has 0 unspecified atom stereocenters. The normalized spacial score (nSPS) is 15.4. The third kappa shape index (κ3) is 8.02. The number of nitrogens with one attached hydrogen (secondary N) is 1. The van der Waals surface area contributed by atoms with Crippen molar-refractivity contribution < 1.29 is 23.0 Å². The van der Waals surface area contributed by atoms with E-state index in [0.717, 1.165) is 51.1 Å². The molecule has 0 bridgehead atoms. The first-order valence-corrected chi connectivity index (χ1v) is 9.90. The average Bonchev–Trinajstić information content (AvgIpc) is 2.69. The number of halogens is 2. The first-order valence-electron chi connectivity index (χ1n) is 9.90. The van der Waals surface area contributed by atoms with Gasteiger partial charge in [0.15, 0.2) is 11.5 Å². The molecule has 9 heteroatoms. The fraction of sp³-hybridized carbons (Fsp3) is 0.650. The number of hydrogen-bond acceptors (Lipinski definition) is 5. The number of piperazine rings is 1. The van der Waals surface area contributed by atoms with Gasteiger partial charge in [0.1, 0.15) is 0 Å². The van der Waals surface area contributed by atoms with E-state index in [1.165, 1.54) is 13.2 Å². The molecule has 0 aliphatic carbocycles. The number of alkyl halides is 2. The molecule has 164 valence electrons. The standard InChI is InChI=1S/C20H32F2N4O3/c1-24-10-12-26(13-11-24)9-5-4-8-23-20(27)25(2)15-16-6-7-17(29-19(21)22)18(14-16)28-3/h6-7,14,19H,4-5,8-13,15H2,1-3H3,(H,23,27). The molecule has 0 spiro atoms. The van der Waals surface area contributed by atoms with Crippen molar-refractivity contribution in [3.05, 3.63) is 23.8 Å². The highest BCUT2D eigenvalue weighted by Crippen LogP contribution is 2.29. The molecular weight excluding hydrogens is 382 g/mol. The van der Waals surface area contributed by atoms with Crippen LogP contribution in [0.25, 0.3) is 0 Å². The molecule has 0 radical (unpaired) electrons. The van der Waals surface area contributed by atoms with Gasteiger partial charge in [-0.05, 0) is 44.1 Å². The first kappa shape index (κ1) is 23.2. The molecule has 0 atom stereocenters. The highest BCUT2D eigenvalue weighted by molar-refractivity contribution is 5.73. The van der Waals surface area contributed by atoms with Crippen LogP contribution in [0.5, 0.6) is 11.5 Å². The lowest BCUT2D eigenvalue weighted by atomic mass is 10.2. The van der Waals surface area contributed by atoms with Gasteiger partial charge >= 0.3 is 12.6 Å². The summed E-state index contributed by atoms with van der Waals surface area (Å²) in [7, 11) is 5.22. The molecule has 2 amide bonds. The lowest BCUT2D eigenvalue weighted by Gasteiger charge is -2.32. The number of benzene rings is 1. The van der Waals surface area contributed by atoms with Gasteiger partial charge in [0, 0.05) is 46.3 Å². The lowest BCUT2D eigenvalue weighted by Crippen LogP contribution is -2.44. The van der Waals surface area contributed by atoms with Crippen molar-refractivity contribution in [3.63, 3.8) is 0 Å². The van der Waals surface area contributed by atoms with E-state index in [9.17, 15) is 13.6 Å². The molecule has 0 aromatic heterocycles. The van der Waals surface area contributed by atoms with Gasteiger partial charge < -0.3 is 29.5 Å². The summed E-state index contributed by atoms with van der Waals surface area (Å²) >= 11 is 0. The average molecular weight is 414 g/mol. The van der Waals surface area contributed by atoms with Gasteiger partial charge in [0.2, 0.25) is 0 Å². The minimum Gasteiger partial charge on any atom is -0.493 e. The van der Waals surface area contributed by atoms with Crippen molar-refractivity contribution >= 4 is 6.03 Å². The number of carbonyl (C=O) groups is 1. The van der Waals surface area contributed by atoms with Crippen LogP contribution >= 0.6 is 0 Å².